The molecular formula is C27H30N4O5. The van der Waals surface area contributed by atoms with Gasteiger partial charge in [-0.15, -0.1) is 0 Å². The highest BCUT2D eigenvalue weighted by atomic mass is 16.5. The fourth-order valence-corrected chi connectivity index (χ4v) is 5.19. The Bertz CT molecular complexity index is 1220. The number of amides is 2. The zero-order valence-corrected chi connectivity index (χ0v) is 20.5. The quantitative estimate of drug-likeness (QED) is 0.539. The molecule has 1 aliphatic carbocycles. The summed E-state index contributed by atoms with van der Waals surface area (Å²) in [5, 5.41) is 7.29. The van der Waals surface area contributed by atoms with E-state index in [-0.39, 0.29) is 29.7 Å². The lowest BCUT2D eigenvalue weighted by molar-refractivity contribution is -0.134. The minimum atomic E-state index is -0.343. The van der Waals surface area contributed by atoms with Gasteiger partial charge in [0.2, 0.25) is 17.6 Å². The van der Waals surface area contributed by atoms with E-state index >= 15 is 0 Å². The summed E-state index contributed by atoms with van der Waals surface area (Å²) in [4.78, 5) is 33.1. The Labute approximate surface area is 209 Å². The Morgan fingerprint density at radius 1 is 1.03 bits per heavy atom. The van der Waals surface area contributed by atoms with Crippen molar-refractivity contribution in [2.45, 2.75) is 37.6 Å². The van der Waals surface area contributed by atoms with Gasteiger partial charge in [-0.05, 0) is 37.8 Å². The third kappa shape index (κ3) is 4.78. The molecule has 3 aromatic rings. The fourth-order valence-electron chi connectivity index (χ4n) is 5.19. The zero-order chi connectivity index (χ0) is 25.1. The molecular weight excluding hydrogens is 460 g/mol. The van der Waals surface area contributed by atoms with Crippen LogP contribution in [0.5, 0.6) is 11.5 Å². The monoisotopic (exact) mass is 490 g/mol. The lowest BCUT2D eigenvalue weighted by atomic mass is 10.0. The summed E-state index contributed by atoms with van der Waals surface area (Å²) in [7, 11) is 3.07. The first-order valence-electron chi connectivity index (χ1n) is 12.3. The van der Waals surface area contributed by atoms with E-state index in [1.165, 1.54) is 7.11 Å². The van der Waals surface area contributed by atoms with Gasteiger partial charge in [-0.25, -0.2) is 0 Å². The number of aromatic nitrogens is 2. The number of benzene rings is 2. The topological polar surface area (TPSA) is 107 Å². The van der Waals surface area contributed by atoms with Gasteiger partial charge in [0.05, 0.1) is 25.7 Å². The van der Waals surface area contributed by atoms with Crippen LogP contribution in [0.4, 0.5) is 0 Å². The predicted molar refractivity (Wildman–Crippen MR) is 132 cm³/mol. The molecule has 0 bridgehead atoms. The van der Waals surface area contributed by atoms with Crippen LogP contribution in [0.15, 0.2) is 53.1 Å². The molecule has 1 saturated heterocycles. The van der Waals surface area contributed by atoms with E-state index in [4.69, 9.17) is 14.0 Å². The Balaban J connectivity index is 1.40. The number of ether oxygens (including phenoxy) is 2. The first kappa shape index (κ1) is 23.8. The minimum Gasteiger partial charge on any atom is -0.497 e. The molecule has 1 aliphatic heterocycles. The highest BCUT2D eigenvalue weighted by molar-refractivity contribution is 5.97. The lowest BCUT2D eigenvalue weighted by Gasteiger charge is -2.20. The number of carbonyl (C=O) groups is 2. The third-order valence-corrected chi connectivity index (χ3v) is 7.09. The smallest absolute Gasteiger partial charge is 0.255 e. The molecule has 0 unspecified atom stereocenters. The van der Waals surface area contributed by atoms with E-state index in [2.05, 4.69) is 15.5 Å². The summed E-state index contributed by atoms with van der Waals surface area (Å²) in [6.07, 6.45) is 3.11. The summed E-state index contributed by atoms with van der Waals surface area (Å²) < 4.78 is 16.3. The van der Waals surface area contributed by atoms with E-state index in [0.717, 1.165) is 31.5 Å². The van der Waals surface area contributed by atoms with E-state index in [1.54, 1.807) is 25.3 Å². The summed E-state index contributed by atoms with van der Waals surface area (Å²) in [5.74, 6) is 1.27. The molecule has 1 saturated carbocycles. The molecule has 36 heavy (non-hydrogen) atoms. The van der Waals surface area contributed by atoms with Gasteiger partial charge in [0.15, 0.2) is 0 Å². The number of rotatable bonds is 7. The molecule has 9 heteroatoms. The average Bonchev–Trinajstić information content (AvgIpc) is 3.69. The Morgan fingerprint density at radius 3 is 2.53 bits per heavy atom. The number of methoxy groups -OCH3 is 2. The maximum Gasteiger partial charge on any atom is 0.255 e. The van der Waals surface area contributed by atoms with Gasteiger partial charge < -0.3 is 24.2 Å². The predicted octanol–water partition coefficient (Wildman–Crippen LogP) is 3.67. The van der Waals surface area contributed by atoms with Crippen LogP contribution >= 0.6 is 0 Å². The first-order chi connectivity index (χ1) is 17.6. The van der Waals surface area contributed by atoms with Crippen molar-refractivity contribution in [1.82, 2.24) is 20.4 Å². The molecule has 9 nitrogen and oxygen atoms in total. The van der Waals surface area contributed by atoms with Crippen molar-refractivity contribution in [3.8, 4) is 22.9 Å². The summed E-state index contributed by atoms with van der Waals surface area (Å²) in [6, 6.07) is 14.3. The molecule has 0 spiro atoms. The molecule has 2 aromatic carbocycles. The normalized spacial score (nSPS) is 21.4. The average molecular weight is 491 g/mol. The Morgan fingerprint density at radius 2 is 1.81 bits per heavy atom. The molecule has 188 valence electrons. The Hall–Kier alpha value is -3.88. The maximum absolute atomic E-state index is 13.3. The van der Waals surface area contributed by atoms with Gasteiger partial charge in [0, 0.05) is 36.7 Å². The lowest BCUT2D eigenvalue weighted by Crippen LogP contribution is -2.38. The number of likely N-dealkylation sites (tertiary alicyclic amines) is 1. The molecule has 3 atom stereocenters. The van der Waals surface area contributed by atoms with Gasteiger partial charge in [0.25, 0.3) is 5.91 Å². The summed E-state index contributed by atoms with van der Waals surface area (Å²) in [6.45, 7) is 1.58. The standard InChI is InChI=1S/C27H30N4O5/c1-34-19-10-11-20(23(16-19)35-2)25(32)28-22-15-18(27(33)31-12-6-7-13-31)14-21(22)26-29-24(30-36-26)17-8-4-3-5-9-17/h3-5,8-11,16,18,21-22H,6-7,12-15H2,1-2H3,(H,28,32)/t18-,21-,22+/m1/s1. The summed E-state index contributed by atoms with van der Waals surface area (Å²) in [5.41, 5.74) is 1.24. The van der Waals surface area contributed by atoms with Crippen LogP contribution in [-0.4, -0.2) is 60.2 Å². The largest absolute Gasteiger partial charge is 0.497 e. The van der Waals surface area contributed by atoms with Crippen LogP contribution in [0.25, 0.3) is 11.4 Å². The second kappa shape index (κ2) is 10.4. The number of nitrogens with zero attached hydrogens (tertiary/aromatic N) is 3. The molecule has 2 amide bonds. The molecule has 1 aromatic heterocycles. The van der Waals surface area contributed by atoms with Crippen LogP contribution in [0.2, 0.25) is 0 Å². The van der Waals surface area contributed by atoms with Crippen LogP contribution in [0.1, 0.15) is 47.8 Å². The molecule has 5 rings (SSSR count). The number of hydrogen-bond acceptors (Lipinski definition) is 7. The van der Waals surface area contributed by atoms with Crippen molar-refractivity contribution in [3.63, 3.8) is 0 Å². The van der Waals surface area contributed by atoms with E-state index in [9.17, 15) is 9.59 Å². The van der Waals surface area contributed by atoms with Crippen LogP contribution < -0.4 is 14.8 Å². The maximum atomic E-state index is 13.3. The van der Waals surface area contributed by atoms with Crippen LogP contribution in [0.3, 0.4) is 0 Å². The fraction of sp³-hybridized carbons (Fsp3) is 0.407. The number of hydrogen-bond donors (Lipinski definition) is 1. The Kier molecular flexibility index (Phi) is 6.88. The second-order valence-corrected chi connectivity index (χ2v) is 9.28. The molecule has 2 fully saturated rings. The van der Waals surface area contributed by atoms with Gasteiger partial charge in [-0.2, -0.15) is 4.98 Å². The second-order valence-electron chi connectivity index (χ2n) is 9.28. The van der Waals surface area contributed by atoms with E-state index in [1.807, 2.05) is 35.2 Å². The van der Waals surface area contributed by atoms with Gasteiger partial charge in [-0.1, -0.05) is 35.5 Å². The van der Waals surface area contributed by atoms with E-state index in [0.29, 0.717) is 41.6 Å². The van der Waals surface area contributed by atoms with Gasteiger partial charge >= 0.3 is 0 Å². The molecule has 1 N–H and O–H groups in total. The minimum absolute atomic E-state index is 0.138. The molecule has 0 radical (unpaired) electrons. The highest BCUT2D eigenvalue weighted by Crippen LogP contribution is 2.40. The van der Waals surface area contributed by atoms with Crippen LogP contribution in [-0.2, 0) is 4.79 Å². The SMILES string of the molecule is COc1ccc(C(=O)N[C@H]2C[C@H](C(=O)N3CCCC3)C[C@H]2c2nc(-c3ccccc3)no2)c(OC)c1. The van der Waals surface area contributed by atoms with E-state index < -0.39 is 0 Å². The molecule has 2 heterocycles. The number of nitrogens with one attached hydrogen (secondary N) is 1. The van der Waals surface area contributed by atoms with Crippen molar-refractivity contribution >= 4 is 11.8 Å². The van der Waals surface area contributed by atoms with Gasteiger partial charge in [-0.3, -0.25) is 9.59 Å². The zero-order valence-electron chi connectivity index (χ0n) is 20.5. The van der Waals surface area contributed by atoms with Crippen molar-refractivity contribution in [3.05, 3.63) is 60.0 Å². The van der Waals surface area contributed by atoms with Gasteiger partial charge in [0.1, 0.15) is 11.5 Å². The van der Waals surface area contributed by atoms with Crippen molar-refractivity contribution < 1.29 is 23.6 Å². The molecule has 2 aliphatic rings. The van der Waals surface area contributed by atoms with Crippen molar-refractivity contribution in [2.75, 3.05) is 27.3 Å². The van der Waals surface area contributed by atoms with Crippen molar-refractivity contribution in [1.29, 1.82) is 0 Å². The third-order valence-electron chi connectivity index (χ3n) is 7.09. The first-order valence-corrected chi connectivity index (χ1v) is 12.3. The van der Waals surface area contributed by atoms with Crippen molar-refractivity contribution in [2.24, 2.45) is 5.92 Å². The highest BCUT2D eigenvalue weighted by Gasteiger charge is 2.44. The van der Waals surface area contributed by atoms with Crippen LogP contribution in [0, 0.1) is 5.92 Å². The summed E-state index contributed by atoms with van der Waals surface area (Å²) >= 11 is 0. The number of carbonyl (C=O) groups excluding carboxylic acids is 2.